The van der Waals surface area contributed by atoms with Crippen LogP contribution >= 0.6 is 0 Å². The molecule has 0 radical (unpaired) electrons. The molecule has 0 aromatic carbocycles. The standard InChI is InChI=1S/C12H18N2O3/c1-8(14-6-4-5-11(14)15)7-16-12-9(2)10(3)17-13-12/h8H,4-7H2,1-3H3. The van der Waals surface area contributed by atoms with Crippen LogP contribution in [0, 0.1) is 13.8 Å². The Morgan fingerprint density at radius 3 is 2.82 bits per heavy atom. The summed E-state index contributed by atoms with van der Waals surface area (Å²) >= 11 is 0. The van der Waals surface area contributed by atoms with Crippen molar-refractivity contribution in [2.24, 2.45) is 0 Å². The number of carbonyl (C=O) groups is 1. The minimum atomic E-state index is 0.0846. The van der Waals surface area contributed by atoms with Crippen LogP contribution in [0.3, 0.4) is 0 Å². The second kappa shape index (κ2) is 4.77. The van der Waals surface area contributed by atoms with Gasteiger partial charge in [0, 0.05) is 13.0 Å². The summed E-state index contributed by atoms with van der Waals surface area (Å²) in [5.74, 6) is 1.51. The SMILES string of the molecule is Cc1onc(OCC(C)N2CCCC2=O)c1C. The molecule has 1 unspecified atom stereocenters. The largest absolute Gasteiger partial charge is 0.473 e. The van der Waals surface area contributed by atoms with Crippen LogP contribution in [-0.4, -0.2) is 35.2 Å². The zero-order valence-electron chi connectivity index (χ0n) is 10.5. The molecule has 0 spiro atoms. The molecule has 1 aliphatic heterocycles. The molecule has 1 aliphatic rings. The van der Waals surface area contributed by atoms with Gasteiger partial charge in [-0.2, -0.15) is 0 Å². The maximum atomic E-state index is 11.5. The molecule has 1 atom stereocenters. The summed E-state index contributed by atoms with van der Waals surface area (Å²) in [5, 5.41) is 3.83. The van der Waals surface area contributed by atoms with E-state index in [1.165, 1.54) is 0 Å². The molecular weight excluding hydrogens is 220 g/mol. The van der Waals surface area contributed by atoms with E-state index in [1.807, 2.05) is 25.7 Å². The van der Waals surface area contributed by atoms with Crippen LogP contribution in [0.4, 0.5) is 0 Å². The van der Waals surface area contributed by atoms with E-state index in [-0.39, 0.29) is 11.9 Å². The third kappa shape index (κ3) is 2.43. The molecule has 1 amide bonds. The highest BCUT2D eigenvalue weighted by atomic mass is 16.5. The monoisotopic (exact) mass is 238 g/mol. The molecule has 0 N–H and O–H groups in total. The number of carbonyl (C=O) groups excluding carboxylic acids is 1. The predicted molar refractivity (Wildman–Crippen MR) is 61.9 cm³/mol. The van der Waals surface area contributed by atoms with E-state index in [0.717, 1.165) is 24.3 Å². The zero-order valence-corrected chi connectivity index (χ0v) is 10.5. The minimum Gasteiger partial charge on any atom is -0.473 e. The van der Waals surface area contributed by atoms with E-state index in [9.17, 15) is 4.79 Å². The first-order chi connectivity index (χ1) is 8.09. The molecule has 0 aliphatic carbocycles. The molecular formula is C12H18N2O3. The van der Waals surface area contributed by atoms with Gasteiger partial charge < -0.3 is 14.2 Å². The van der Waals surface area contributed by atoms with Gasteiger partial charge in [0.1, 0.15) is 12.4 Å². The Balaban J connectivity index is 1.89. The Hall–Kier alpha value is -1.52. The van der Waals surface area contributed by atoms with Crippen LogP contribution in [-0.2, 0) is 4.79 Å². The first-order valence-electron chi connectivity index (χ1n) is 5.94. The summed E-state index contributed by atoms with van der Waals surface area (Å²) in [6.07, 6.45) is 1.61. The van der Waals surface area contributed by atoms with Gasteiger partial charge >= 0.3 is 0 Å². The van der Waals surface area contributed by atoms with Crippen LogP contribution in [0.5, 0.6) is 5.88 Å². The highest BCUT2D eigenvalue weighted by Gasteiger charge is 2.25. The van der Waals surface area contributed by atoms with E-state index < -0.39 is 0 Å². The quantitative estimate of drug-likeness (QED) is 0.800. The summed E-state index contributed by atoms with van der Waals surface area (Å²) in [6, 6.07) is 0.0846. The van der Waals surface area contributed by atoms with Crippen molar-refractivity contribution in [2.45, 2.75) is 39.7 Å². The molecule has 5 nitrogen and oxygen atoms in total. The fraction of sp³-hybridized carbons (Fsp3) is 0.667. The van der Waals surface area contributed by atoms with Crippen LogP contribution in [0.25, 0.3) is 0 Å². The van der Waals surface area contributed by atoms with Crippen molar-refractivity contribution in [3.05, 3.63) is 11.3 Å². The van der Waals surface area contributed by atoms with Gasteiger partial charge in [0.2, 0.25) is 5.91 Å². The average Bonchev–Trinajstić information content (AvgIpc) is 2.85. The average molecular weight is 238 g/mol. The zero-order chi connectivity index (χ0) is 12.4. The lowest BCUT2D eigenvalue weighted by molar-refractivity contribution is -0.129. The normalized spacial score (nSPS) is 17.6. The maximum absolute atomic E-state index is 11.5. The molecule has 2 rings (SSSR count). The van der Waals surface area contributed by atoms with Crippen LogP contribution < -0.4 is 4.74 Å². The van der Waals surface area contributed by atoms with Crippen LogP contribution in [0.1, 0.15) is 31.1 Å². The third-order valence-corrected chi connectivity index (χ3v) is 3.22. The van der Waals surface area contributed by atoms with E-state index in [4.69, 9.17) is 9.26 Å². The van der Waals surface area contributed by atoms with Gasteiger partial charge in [-0.05, 0) is 32.3 Å². The first kappa shape index (κ1) is 12.0. The first-order valence-corrected chi connectivity index (χ1v) is 5.94. The summed E-state index contributed by atoms with van der Waals surface area (Å²) in [7, 11) is 0. The summed E-state index contributed by atoms with van der Waals surface area (Å²) < 4.78 is 10.6. The van der Waals surface area contributed by atoms with E-state index in [0.29, 0.717) is 18.9 Å². The number of ether oxygens (including phenoxy) is 1. The van der Waals surface area contributed by atoms with Crippen molar-refractivity contribution in [1.29, 1.82) is 0 Å². The third-order valence-electron chi connectivity index (χ3n) is 3.22. The highest BCUT2D eigenvalue weighted by Crippen LogP contribution is 2.20. The van der Waals surface area contributed by atoms with Crippen LogP contribution in [0.15, 0.2) is 4.52 Å². The fourth-order valence-electron chi connectivity index (χ4n) is 1.96. The van der Waals surface area contributed by atoms with Gasteiger partial charge in [-0.15, -0.1) is 0 Å². The second-order valence-corrected chi connectivity index (χ2v) is 4.52. The molecule has 17 heavy (non-hydrogen) atoms. The molecule has 5 heteroatoms. The number of nitrogens with zero attached hydrogens (tertiary/aromatic N) is 2. The van der Waals surface area contributed by atoms with Crippen LogP contribution in [0.2, 0.25) is 0 Å². The molecule has 0 bridgehead atoms. The predicted octanol–water partition coefficient (Wildman–Crippen LogP) is 1.68. The highest BCUT2D eigenvalue weighted by molar-refractivity contribution is 5.78. The van der Waals surface area contributed by atoms with Gasteiger partial charge in [-0.3, -0.25) is 4.79 Å². The van der Waals surface area contributed by atoms with E-state index in [1.54, 1.807) is 0 Å². The van der Waals surface area contributed by atoms with Crippen molar-refractivity contribution in [3.8, 4) is 5.88 Å². The molecule has 94 valence electrons. The number of amides is 1. The molecule has 1 aromatic heterocycles. The Bertz CT molecular complexity index is 414. The number of rotatable bonds is 4. The van der Waals surface area contributed by atoms with E-state index in [2.05, 4.69) is 5.16 Å². The number of aromatic nitrogens is 1. The topological polar surface area (TPSA) is 55.6 Å². The molecule has 1 fully saturated rings. The van der Waals surface area contributed by atoms with Crippen molar-refractivity contribution >= 4 is 5.91 Å². The molecule has 1 saturated heterocycles. The van der Waals surface area contributed by atoms with Crippen molar-refractivity contribution in [2.75, 3.05) is 13.2 Å². The van der Waals surface area contributed by atoms with Gasteiger partial charge in [0.15, 0.2) is 0 Å². The number of hydrogen-bond acceptors (Lipinski definition) is 4. The smallest absolute Gasteiger partial charge is 0.257 e. The second-order valence-electron chi connectivity index (χ2n) is 4.52. The summed E-state index contributed by atoms with van der Waals surface area (Å²) in [4.78, 5) is 13.4. The molecule has 0 saturated carbocycles. The molecule has 1 aromatic rings. The Kier molecular flexibility index (Phi) is 3.36. The lowest BCUT2D eigenvalue weighted by Gasteiger charge is -2.23. The van der Waals surface area contributed by atoms with Gasteiger partial charge in [-0.25, -0.2) is 0 Å². The van der Waals surface area contributed by atoms with Gasteiger partial charge in [0.25, 0.3) is 5.88 Å². The minimum absolute atomic E-state index is 0.0846. The Morgan fingerprint density at radius 1 is 1.53 bits per heavy atom. The van der Waals surface area contributed by atoms with Gasteiger partial charge in [-0.1, -0.05) is 0 Å². The lowest BCUT2D eigenvalue weighted by atomic mass is 10.3. The van der Waals surface area contributed by atoms with Gasteiger partial charge in [0.05, 0.1) is 11.6 Å². The Morgan fingerprint density at radius 2 is 2.29 bits per heavy atom. The van der Waals surface area contributed by atoms with E-state index >= 15 is 0 Å². The maximum Gasteiger partial charge on any atom is 0.257 e. The summed E-state index contributed by atoms with van der Waals surface area (Å²) in [6.45, 7) is 7.04. The summed E-state index contributed by atoms with van der Waals surface area (Å²) in [5.41, 5.74) is 0.921. The van der Waals surface area contributed by atoms with Crippen molar-refractivity contribution < 1.29 is 14.1 Å². The molecule has 2 heterocycles. The lowest BCUT2D eigenvalue weighted by Crippen LogP contribution is -2.38. The number of hydrogen-bond donors (Lipinski definition) is 0. The number of likely N-dealkylation sites (tertiary alicyclic amines) is 1. The van der Waals surface area contributed by atoms with Crippen molar-refractivity contribution in [3.63, 3.8) is 0 Å². The van der Waals surface area contributed by atoms with Crippen molar-refractivity contribution in [1.82, 2.24) is 10.1 Å². The fourth-order valence-corrected chi connectivity index (χ4v) is 1.96. The number of aryl methyl sites for hydroxylation is 1. The Labute approximate surface area is 101 Å².